The van der Waals surface area contributed by atoms with Gasteiger partial charge in [0.2, 0.25) is 0 Å². The van der Waals surface area contributed by atoms with Gasteiger partial charge >= 0.3 is 0 Å². The highest BCUT2D eigenvalue weighted by Crippen LogP contribution is 2.38. The maximum atomic E-state index is 10.6. The highest BCUT2D eigenvalue weighted by atomic mass is 79.9. The molecule has 2 rings (SSSR count). The van der Waals surface area contributed by atoms with E-state index in [0.717, 1.165) is 21.2 Å². The summed E-state index contributed by atoms with van der Waals surface area (Å²) in [6.45, 7) is 4.09. The number of halogens is 1. The van der Waals surface area contributed by atoms with Gasteiger partial charge in [-0.3, -0.25) is 0 Å². The van der Waals surface area contributed by atoms with Crippen molar-refractivity contribution in [2.45, 2.75) is 20.0 Å². The summed E-state index contributed by atoms with van der Waals surface area (Å²) in [6.07, 6.45) is -0.724. The van der Waals surface area contributed by atoms with Gasteiger partial charge in [0.05, 0.1) is 14.2 Å². The molecule has 1 N–H and O–H groups in total. The number of aliphatic hydroxyl groups is 1. The van der Waals surface area contributed by atoms with Crippen LogP contribution in [0, 0.1) is 13.8 Å². The summed E-state index contributed by atoms with van der Waals surface area (Å²) in [4.78, 5) is 0. The number of rotatable bonds is 4. The number of hydrogen-bond acceptors (Lipinski definition) is 3. The van der Waals surface area contributed by atoms with Crippen LogP contribution in [-0.2, 0) is 0 Å². The molecule has 2 aromatic rings. The molecule has 0 aromatic heterocycles. The highest BCUT2D eigenvalue weighted by Gasteiger charge is 2.18. The van der Waals surface area contributed by atoms with Gasteiger partial charge in [-0.05, 0) is 42.7 Å². The minimum absolute atomic E-state index is 0.596. The van der Waals surface area contributed by atoms with Gasteiger partial charge in [0, 0.05) is 10.0 Å². The van der Waals surface area contributed by atoms with Crippen LogP contribution in [-0.4, -0.2) is 19.3 Å². The summed E-state index contributed by atoms with van der Waals surface area (Å²) in [5.74, 6) is 1.22. The topological polar surface area (TPSA) is 38.7 Å². The Kier molecular flexibility index (Phi) is 4.91. The Bertz CT molecular complexity index is 653. The van der Waals surface area contributed by atoms with Gasteiger partial charge in [-0.2, -0.15) is 0 Å². The quantitative estimate of drug-likeness (QED) is 0.899. The zero-order chi connectivity index (χ0) is 15.6. The fraction of sp³-hybridized carbons (Fsp3) is 0.294. The maximum Gasteiger partial charge on any atom is 0.161 e. The molecule has 1 unspecified atom stereocenters. The molecule has 0 spiro atoms. The molecule has 0 aliphatic carbocycles. The van der Waals surface area contributed by atoms with Crippen LogP contribution in [0.1, 0.15) is 28.4 Å². The molecule has 0 amide bonds. The van der Waals surface area contributed by atoms with Crippen molar-refractivity contribution in [1.29, 1.82) is 0 Å². The van der Waals surface area contributed by atoms with E-state index in [1.165, 1.54) is 5.56 Å². The third-order valence-corrected chi connectivity index (χ3v) is 4.33. The largest absolute Gasteiger partial charge is 0.493 e. The number of methoxy groups -OCH3 is 2. The lowest BCUT2D eigenvalue weighted by Gasteiger charge is -2.17. The van der Waals surface area contributed by atoms with Crippen molar-refractivity contribution >= 4 is 15.9 Å². The van der Waals surface area contributed by atoms with E-state index in [4.69, 9.17) is 9.47 Å². The number of benzene rings is 2. The maximum absolute atomic E-state index is 10.6. The minimum atomic E-state index is -0.724. The lowest BCUT2D eigenvalue weighted by atomic mass is 9.97. The second kappa shape index (κ2) is 6.50. The first-order chi connectivity index (χ1) is 9.97. The standard InChI is InChI=1S/C17H19BrO3/c1-10-5-6-12(7-11(10)2)17(19)13-8-15(20-3)16(21-4)9-14(13)18/h5-9,17,19H,1-4H3. The van der Waals surface area contributed by atoms with Crippen molar-refractivity contribution in [3.63, 3.8) is 0 Å². The second-order valence-corrected chi connectivity index (χ2v) is 5.83. The second-order valence-electron chi connectivity index (χ2n) is 4.97. The van der Waals surface area contributed by atoms with Crippen LogP contribution in [0.5, 0.6) is 11.5 Å². The third kappa shape index (κ3) is 3.22. The molecule has 0 saturated carbocycles. The van der Waals surface area contributed by atoms with Crippen LogP contribution in [0.15, 0.2) is 34.8 Å². The van der Waals surface area contributed by atoms with Crippen molar-refractivity contribution in [3.8, 4) is 11.5 Å². The van der Waals surface area contributed by atoms with Crippen LogP contribution in [0.4, 0.5) is 0 Å². The summed E-state index contributed by atoms with van der Waals surface area (Å²) < 4.78 is 11.3. The smallest absolute Gasteiger partial charge is 0.161 e. The van der Waals surface area contributed by atoms with Crippen molar-refractivity contribution in [2.75, 3.05) is 14.2 Å². The van der Waals surface area contributed by atoms with E-state index in [9.17, 15) is 5.11 Å². The molecule has 0 aliphatic rings. The van der Waals surface area contributed by atoms with Gasteiger partial charge in [-0.15, -0.1) is 0 Å². The SMILES string of the molecule is COc1cc(Br)c(C(O)c2ccc(C)c(C)c2)cc1OC. The molecule has 0 fully saturated rings. The average Bonchev–Trinajstić information content (AvgIpc) is 2.49. The average molecular weight is 351 g/mol. The van der Waals surface area contributed by atoms with Crippen molar-refractivity contribution in [2.24, 2.45) is 0 Å². The number of ether oxygens (including phenoxy) is 2. The zero-order valence-corrected chi connectivity index (χ0v) is 14.2. The molecule has 0 aliphatic heterocycles. The van der Waals surface area contributed by atoms with Crippen molar-refractivity contribution in [1.82, 2.24) is 0 Å². The van der Waals surface area contributed by atoms with Gasteiger partial charge < -0.3 is 14.6 Å². The van der Waals surface area contributed by atoms with Crippen LogP contribution in [0.2, 0.25) is 0 Å². The Morgan fingerprint density at radius 3 is 2.14 bits per heavy atom. The Morgan fingerprint density at radius 2 is 1.57 bits per heavy atom. The van der Waals surface area contributed by atoms with Crippen LogP contribution in [0.3, 0.4) is 0 Å². The predicted octanol–water partition coefficient (Wildman–Crippen LogP) is 4.16. The summed E-state index contributed by atoms with van der Waals surface area (Å²) in [7, 11) is 3.17. The summed E-state index contributed by atoms with van der Waals surface area (Å²) >= 11 is 3.49. The van der Waals surface area contributed by atoms with Gasteiger partial charge in [0.1, 0.15) is 6.10 Å². The monoisotopic (exact) mass is 350 g/mol. The first-order valence-electron chi connectivity index (χ1n) is 6.64. The molecule has 21 heavy (non-hydrogen) atoms. The molecule has 0 saturated heterocycles. The van der Waals surface area contributed by atoms with Crippen LogP contribution >= 0.6 is 15.9 Å². The number of hydrogen-bond donors (Lipinski definition) is 1. The Hall–Kier alpha value is -1.52. The van der Waals surface area contributed by atoms with E-state index < -0.39 is 6.10 Å². The van der Waals surface area contributed by atoms with E-state index >= 15 is 0 Å². The van der Waals surface area contributed by atoms with Gasteiger partial charge in [0.15, 0.2) is 11.5 Å². The Balaban J connectivity index is 2.47. The number of aryl methyl sites for hydroxylation is 2. The van der Waals surface area contributed by atoms with E-state index in [1.807, 2.05) is 25.1 Å². The van der Waals surface area contributed by atoms with Gasteiger partial charge in [-0.25, -0.2) is 0 Å². The predicted molar refractivity (Wildman–Crippen MR) is 87.2 cm³/mol. The molecule has 1 atom stereocenters. The fourth-order valence-electron chi connectivity index (χ4n) is 2.19. The Morgan fingerprint density at radius 1 is 0.952 bits per heavy atom. The molecule has 0 bridgehead atoms. The highest BCUT2D eigenvalue weighted by molar-refractivity contribution is 9.10. The molecule has 3 nitrogen and oxygen atoms in total. The van der Waals surface area contributed by atoms with Crippen molar-refractivity contribution in [3.05, 3.63) is 57.1 Å². The molecule has 112 valence electrons. The van der Waals surface area contributed by atoms with Gasteiger partial charge in [-0.1, -0.05) is 34.1 Å². The third-order valence-electron chi connectivity index (χ3n) is 3.64. The molecule has 0 radical (unpaired) electrons. The molecular formula is C17H19BrO3. The van der Waals surface area contributed by atoms with E-state index in [1.54, 1.807) is 26.4 Å². The van der Waals surface area contributed by atoms with Crippen molar-refractivity contribution < 1.29 is 14.6 Å². The lowest BCUT2D eigenvalue weighted by molar-refractivity contribution is 0.218. The first kappa shape index (κ1) is 15.9. The van der Waals surface area contributed by atoms with E-state index in [2.05, 4.69) is 22.9 Å². The molecule has 4 heteroatoms. The Labute approximate surface area is 133 Å². The summed E-state index contributed by atoms with van der Waals surface area (Å²) in [6, 6.07) is 9.56. The summed E-state index contributed by atoms with van der Waals surface area (Å²) in [5, 5.41) is 10.6. The zero-order valence-electron chi connectivity index (χ0n) is 12.6. The molecule has 2 aromatic carbocycles. The molecular weight excluding hydrogens is 332 g/mol. The lowest BCUT2D eigenvalue weighted by Crippen LogP contribution is -2.03. The van der Waals surface area contributed by atoms with Gasteiger partial charge in [0.25, 0.3) is 0 Å². The van der Waals surface area contributed by atoms with Crippen LogP contribution in [0.25, 0.3) is 0 Å². The first-order valence-corrected chi connectivity index (χ1v) is 7.44. The fourth-order valence-corrected chi connectivity index (χ4v) is 2.73. The van der Waals surface area contributed by atoms with Crippen LogP contribution < -0.4 is 9.47 Å². The summed E-state index contributed by atoms with van der Waals surface area (Å²) in [5.41, 5.74) is 3.96. The molecule has 0 heterocycles. The van der Waals surface area contributed by atoms with E-state index in [0.29, 0.717) is 11.5 Å². The normalized spacial score (nSPS) is 12.1. The minimum Gasteiger partial charge on any atom is -0.493 e. The number of aliphatic hydroxyl groups excluding tert-OH is 1. The van der Waals surface area contributed by atoms with E-state index in [-0.39, 0.29) is 0 Å².